The van der Waals surface area contributed by atoms with Gasteiger partial charge in [-0.3, -0.25) is 4.79 Å². The van der Waals surface area contributed by atoms with Gasteiger partial charge in [-0.25, -0.2) is 0 Å². The maximum absolute atomic E-state index is 11.7. The third kappa shape index (κ3) is 2.74. The normalized spacial score (nSPS) is 20.4. The van der Waals surface area contributed by atoms with Crippen LogP contribution in [0, 0.1) is 11.8 Å². The van der Waals surface area contributed by atoms with Crippen LogP contribution in [0.5, 0.6) is 0 Å². The van der Waals surface area contributed by atoms with E-state index in [0.717, 1.165) is 12.2 Å². The zero-order valence-electron chi connectivity index (χ0n) is 10.8. The second-order valence-electron chi connectivity index (χ2n) is 5.24. The first-order chi connectivity index (χ1) is 8.09. The summed E-state index contributed by atoms with van der Waals surface area (Å²) in [5, 5.41) is 0. The monoisotopic (exact) mass is 248 g/mol. The Kier molecular flexibility index (Phi) is 3.93. The van der Waals surface area contributed by atoms with Crippen LogP contribution >= 0.6 is 11.8 Å². The van der Waals surface area contributed by atoms with Crippen molar-refractivity contribution in [2.24, 2.45) is 11.8 Å². The lowest BCUT2D eigenvalue weighted by Gasteiger charge is -2.21. The predicted octanol–water partition coefficient (Wildman–Crippen LogP) is 4.13. The van der Waals surface area contributed by atoms with E-state index in [1.54, 1.807) is 6.92 Å². The van der Waals surface area contributed by atoms with Gasteiger partial charge >= 0.3 is 0 Å². The van der Waals surface area contributed by atoms with Crippen molar-refractivity contribution in [2.75, 3.05) is 5.75 Å². The van der Waals surface area contributed by atoms with E-state index in [1.165, 1.54) is 10.5 Å². The molecule has 0 fully saturated rings. The second-order valence-corrected chi connectivity index (χ2v) is 6.30. The Balaban J connectivity index is 2.13. The highest BCUT2D eigenvalue weighted by Gasteiger charge is 2.28. The van der Waals surface area contributed by atoms with E-state index >= 15 is 0 Å². The SMILES string of the molecule is CC(=O)C(CC1CSc2ccccc21)C(C)C. The molecular weight excluding hydrogens is 228 g/mol. The molecule has 0 N–H and O–H groups in total. The van der Waals surface area contributed by atoms with Gasteiger partial charge in [-0.15, -0.1) is 11.8 Å². The lowest BCUT2D eigenvalue weighted by molar-refractivity contribution is -0.122. The maximum Gasteiger partial charge on any atom is 0.133 e. The Morgan fingerprint density at radius 3 is 2.76 bits per heavy atom. The van der Waals surface area contributed by atoms with E-state index < -0.39 is 0 Å². The van der Waals surface area contributed by atoms with Crippen LogP contribution in [0.4, 0.5) is 0 Å². The summed E-state index contributed by atoms with van der Waals surface area (Å²) in [5.41, 5.74) is 1.45. The van der Waals surface area contributed by atoms with Gasteiger partial charge in [0, 0.05) is 16.6 Å². The predicted molar refractivity (Wildman–Crippen MR) is 73.5 cm³/mol. The van der Waals surface area contributed by atoms with Crippen molar-refractivity contribution in [3.63, 3.8) is 0 Å². The molecule has 0 saturated heterocycles. The van der Waals surface area contributed by atoms with Gasteiger partial charge in [0.05, 0.1) is 0 Å². The summed E-state index contributed by atoms with van der Waals surface area (Å²) in [6, 6.07) is 8.62. The van der Waals surface area contributed by atoms with Gasteiger partial charge in [-0.05, 0) is 36.8 Å². The van der Waals surface area contributed by atoms with Crippen LogP contribution in [0.15, 0.2) is 29.2 Å². The second kappa shape index (κ2) is 5.26. The van der Waals surface area contributed by atoms with Crippen molar-refractivity contribution in [1.82, 2.24) is 0 Å². The molecule has 92 valence electrons. The smallest absolute Gasteiger partial charge is 0.133 e. The van der Waals surface area contributed by atoms with Gasteiger partial charge < -0.3 is 0 Å². The highest BCUT2D eigenvalue weighted by Crippen LogP contribution is 2.43. The lowest BCUT2D eigenvalue weighted by atomic mass is 9.82. The van der Waals surface area contributed by atoms with Crippen molar-refractivity contribution in [2.45, 2.75) is 38.0 Å². The number of thioether (sulfide) groups is 1. The summed E-state index contributed by atoms with van der Waals surface area (Å²) in [6.07, 6.45) is 1.01. The third-order valence-electron chi connectivity index (χ3n) is 3.66. The van der Waals surface area contributed by atoms with E-state index in [0.29, 0.717) is 17.6 Å². The molecule has 0 aromatic heterocycles. The topological polar surface area (TPSA) is 17.1 Å². The van der Waals surface area contributed by atoms with Crippen LogP contribution < -0.4 is 0 Å². The van der Waals surface area contributed by atoms with Gasteiger partial charge in [-0.1, -0.05) is 32.0 Å². The van der Waals surface area contributed by atoms with Crippen LogP contribution in [-0.2, 0) is 4.79 Å². The molecule has 17 heavy (non-hydrogen) atoms. The van der Waals surface area contributed by atoms with Crippen molar-refractivity contribution in [3.8, 4) is 0 Å². The average Bonchev–Trinajstić information content (AvgIpc) is 2.68. The maximum atomic E-state index is 11.7. The fourth-order valence-electron chi connectivity index (χ4n) is 2.64. The minimum Gasteiger partial charge on any atom is -0.300 e. The molecule has 1 heterocycles. The van der Waals surface area contributed by atoms with E-state index in [-0.39, 0.29) is 5.92 Å². The van der Waals surface area contributed by atoms with E-state index in [9.17, 15) is 4.79 Å². The Labute approximate surface area is 108 Å². The molecule has 0 aliphatic carbocycles. The van der Waals surface area contributed by atoms with Crippen LogP contribution in [0.2, 0.25) is 0 Å². The summed E-state index contributed by atoms with van der Waals surface area (Å²) in [5.74, 6) is 2.70. The Morgan fingerprint density at radius 1 is 1.41 bits per heavy atom. The van der Waals surface area contributed by atoms with E-state index in [4.69, 9.17) is 0 Å². The number of benzene rings is 1. The molecule has 1 aromatic carbocycles. The first-order valence-corrected chi connectivity index (χ1v) is 7.30. The first-order valence-electron chi connectivity index (χ1n) is 6.31. The number of carbonyl (C=O) groups excluding carboxylic acids is 1. The van der Waals surface area contributed by atoms with Gasteiger partial charge in [0.2, 0.25) is 0 Å². The largest absolute Gasteiger partial charge is 0.300 e. The molecular formula is C15H20OS. The van der Waals surface area contributed by atoms with Gasteiger partial charge in [-0.2, -0.15) is 0 Å². The first kappa shape index (κ1) is 12.7. The summed E-state index contributed by atoms with van der Waals surface area (Å²) in [7, 11) is 0. The van der Waals surface area contributed by atoms with E-state index in [1.807, 2.05) is 11.8 Å². The zero-order valence-corrected chi connectivity index (χ0v) is 11.6. The quantitative estimate of drug-likeness (QED) is 0.797. The van der Waals surface area contributed by atoms with Crippen molar-refractivity contribution in [3.05, 3.63) is 29.8 Å². The molecule has 0 amide bonds. The van der Waals surface area contributed by atoms with Crippen molar-refractivity contribution < 1.29 is 4.79 Å². The summed E-state index contributed by atoms with van der Waals surface area (Å²) >= 11 is 1.93. The highest BCUT2D eigenvalue weighted by molar-refractivity contribution is 7.99. The molecule has 2 atom stereocenters. The number of carbonyl (C=O) groups is 1. The highest BCUT2D eigenvalue weighted by atomic mass is 32.2. The number of ketones is 1. The van der Waals surface area contributed by atoms with Crippen LogP contribution in [-0.4, -0.2) is 11.5 Å². The zero-order chi connectivity index (χ0) is 12.4. The molecule has 1 aliphatic heterocycles. The number of hydrogen-bond donors (Lipinski definition) is 0. The van der Waals surface area contributed by atoms with Crippen molar-refractivity contribution >= 4 is 17.5 Å². The molecule has 1 aromatic rings. The molecule has 0 spiro atoms. The molecule has 2 rings (SSSR count). The van der Waals surface area contributed by atoms with Crippen LogP contribution in [0.25, 0.3) is 0 Å². The third-order valence-corrected chi connectivity index (χ3v) is 4.92. The Bertz CT molecular complexity index is 411. The standard InChI is InChI=1S/C15H20OS/c1-10(2)14(11(3)16)8-12-9-17-15-7-5-4-6-13(12)15/h4-7,10,12,14H,8-9H2,1-3H3. The average molecular weight is 248 g/mol. The molecule has 2 heteroatoms. The Hall–Kier alpha value is -0.760. The molecule has 1 aliphatic rings. The van der Waals surface area contributed by atoms with Crippen LogP contribution in [0.3, 0.4) is 0 Å². The number of rotatable bonds is 4. The number of hydrogen-bond acceptors (Lipinski definition) is 2. The molecule has 0 bridgehead atoms. The molecule has 1 nitrogen and oxygen atoms in total. The molecule has 0 radical (unpaired) electrons. The van der Waals surface area contributed by atoms with Gasteiger partial charge in [0.25, 0.3) is 0 Å². The number of fused-ring (bicyclic) bond motifs is 1. The fraction of sp³-hybridized carbons (Fsp3) is 0.533. The summed E-state index contributed by atoms with van der Waals surface area (Å²) < 4.78 is 0. The summed E-state index contributed by atoms with van der Waals surface area (Å²) in [4.78, 5) is 13.1. The van der Waals surface area contributed by atoms with Crippen LogP contribution in [0.1, 0.15) is 38.7 Å². The minimum atomic E-state index is 0.215. The van der Waals surface area contributed by atoms with E-state index in [2.05, 4.69) is 38.1 Å². The molecule has 0 saturated carbocycles. The van der Waals surface area contributed by atoms with Gasteiger partial charge in [0.15, 0.2) is 0 Å². The lowest BCUT2D eigenvalue weighted by Crippen LogP contribution is -2.20. The molecule has 2 unspecified atom stereocenters. The summed E-state index contributed by atoms with van der Waals surface area (Å²) in [6.45, 7) is 6.04. The Morgan fingerprint density at radius 2 is 2.12 bits per heavy atom. The minimum absolute atomic E-state index is 0.215. The number of Topliss-reactive ketones (excluding diaryl/α,β-unsaturated/α-hetero) is 1. The fourth-order valence-corrected chi connectivity index (χ4v) is 3.91. The van der Waals surface area contributed by atoms with Crippen molar-refractivity contribution in [1.29, 1.82) is 0 Å². The van der Waals surface area contributed by atoms with Gasteiger partial charge in [0.1, 0.15) is 5.78 Å².